The number of nitrogens with one attached hydrogen (secondary N) is 3. The van der Waals surface area contributed by atoms with Crippen molar-refractivity contribution < 1.29 is 4.79 Å². The molecule has 6 heteroatoms. The number of aromatic amines is 1. The van der Waals surface area contributed by atoms with Crippen LogP contribution in [0.1, 0.15) is 45.9 Å². The number of pyridine rings is 1. The van der Waals surface area contributed by atoms with Crippen LogP contribution in [0.25, 0.3) is 0 Å². The molecule has 4 rings (SSSR count). The summed E-state index contributed by atoms with van der Waals surface area (Å²) in [5.41, 5.74) is 10.4. The number of piperidine rings is 1. The Hall–Kier alpha value is -2.44. The largest absolute Gasteiger partial charge is 0.364 e. The van der Waals surface area contributed by atoms with Gasteiger partial charge in [-0.2, -0.15) is 0 Å². The number of carbonyl (C=O) groups excluding carboxylic acids is 1. The number of amides is 1. The van der Waals surface area contributed by atoms with Crippen LogP contribution in [0.3, 0.4) is 0 Å². The first-order chi connectivity index (χ1) is 13.5. The minimum atomic E-state index is -0.204. The van der Waals surface area contributed by atoms with E-state index in [1.807, 2.05) is 11.8 Å². The zero-order valence-corrected chi connectivity index (χ0v) is 16.5. The highest BCUT2D eigenvalue weighted by Crippen LogP contribution is 2.33. The average Bonchev–Trinajstić information content (AvgIpc) is 3.17. The molecular formula is C22H28N4O2. The molecule has 2 aliphatic heterocycles. The molecule has 2 aromatic rings. The van der Waals surface area contributed by atoms with E-state index in [1.54, 1.807) is 6.20 Å². The van der Waals surface area contributed by atoms with E-state index in [-0.39, 0.29) is 16.9 Å². The summed E-state index contributed by atoms with van der Waals surface area (Å²) in [5.74, 6) is 0.779. The predicted molar refractivity (Wildman–Crippen MR) is 109 cm³/mol. The van der Waals surface area contributed by atoms with Crippen LogP contribution in [-0.2, 0) is 0 Å². The van der Waals surface area contributed by atoms with Crippen molar-refractivity contribution in [3.63, 3.8) is 0 Å². The highest BCUT2D eigenvalue weighted by atomic mass is 16.2. The molecule has 2 saturated heterocycles. The number of nitrogens with zero attached hydrogens (tertiary/aromatic N) is 1. The van der Waals surface area contributed by atoms with Crippen LogP contribution in [0.4, 0.5) is 0 Å². The molecule has 1 amide bonds. The Morgan fingerprint density at radius 2 is 1.89 bits per heavy atom. The monoisotopic (exact) mass is 380 g/mol. The zero-order chi connectivity index (χ0) is 19.7. The van der Waals surface area contributed by atoms with Gasteiger partial charge in [0.1, 0.15) is 5.56 Å². The molecule has 2 aliphatic rings. The second kappa shape index (κ2) is 7.89. The maximum atomic E-state index is 12.8. The second-order valence-electron chi connectivity index (χ2n) is 8.04. The van der Waals surface area contributed by atoms with Crippen LogP contribution in [0.5, 0.6) is 0 Å². The van der Waals surface area contributed by atoms with Gasteiger partial charge >= 0.3 is 0 Å². The van der Waals surface area contributed by atoms with Crippen molar-refractivity contribution in [2.45, 2.75) is 38.6 Å². The van der Waals surface area contributed by atoms with Crippen molar-refractivity contribution in [3.8, 4) is 0 Å². The highest BCUT2D eigenvalue weighted by molar-refractivity contribution is 5.93. The SMILES string of the molecule is Cc1cc(=O)c(C(=O)N2CCC(C3NNCC3c3ccccc3C)CC2)c[nH]1. The lowest BCUT2D eigenvalue weighted by Gasteiger charge is -2.36. The van der Waals surface area contributed by atoms with E-state index in [0.717, 1.165) is 25.1 Å². The van der Waals surface area contributed by atoms with Crippen LogP contribution in [0, 0.1) is 19.8 Å². The highest BCUT2D eigenvalue weighted by Gasteiger charge is 2.37. The topological polar surface area (TPSA) is 77.2 Å². The Balaban J connectivity index is 1.43. The Morgan fingerprint density at radius 1 is 1.14 bits per heavy atom. The molecule has 1 aromatic heterocycles. The quantitative estimate of drug-likeness (QED) is 0.762. The summed E-state index contributed by atoms with van der Waals surface area (Å²) in [6.07, 6.45) is 3.43. The van der Waals surface area contributed by atoms with Crippen molar-refractivity contribution in [2.24, 2.45) is 5.92 Å². The van der Waals surface area contributed by atoms with E-state index in [0.29, 0.717) is 31.0 Å². The summed E-state index contributed by atoms with van der Waals surface area (Å²) in [4.78, 5) is 29.7. The maximum Gasteiger partial charge on any atom is 0.259 e. The average molecular weight is 380 g/mol. The molecule has 2 unspecified atom stereocenters. The Morgan fingerprint density at radius 3 is 2.61 bits per heavy atom. The minimum absolute atomic E-state index is 0.160. The Bertz CT molecular complexity index is 915. The van der Waals surface area contributed by atoms with E-state index >= 15 is 0 Å². The first-order valence-electron chi connectivity index (χ1n) is 10.1. The number of likely N-dealkylation sites (tertiary alicyclic amines) is 1. The second-order valence-corrected chi connectivity index (χ2v) is 8.04. The third-order valence-electron chi connectivity index (χ3n) is 6.23. The first-order valence-corrected chi connectivity index (χ1v) is 10.1. The van der Waals surface area contributed by atoms with Crippen molar-refractivity contribution in [1.82, 2.24) is 20.7 Å². The molecule has 148 valence electrons. The van der Waals surface area contributed by atoms with Crippen molar-refractivity contribution in [1.29, 1.82) is 0 Å². The molecule has 3 N–H and O–H groups in total. The van der Waals surface area contributed by atoms with Gasteiger partial charge in [-0.1, -0.05) is 24.3 Å². The van der Waals surface area contributed by atoms with E-state index in [1.165, 1.54) is 17.2 Å². The van der Waals surface area contributed by atoms with Gasteiger partial charge in [-0.25, -0.2) is 0 Å². The summed E-state index contributed by atoms with van der Waals surface area (Å²) in [5, 5.41) is 0. The summed E-state index contributed by atoms with van der Waals surface area (Å²) >= 11 is 0. The van der Waals surface area contributed by atoms with Crippen molar-refractivity contribution in [2.75, 3.05) is 19.6 Å². The number of aromatic nitrogens is 1. The third kappa shape index (κ3) is 3.62. The minimum Gasteiger partial charge on any atom is -0.364 e. The lowest BCUT2D eigenvalue weighted by Crippen LogP contribution is -2.46. The lowest BCUT2D eigenvalue weighted by molar-refractivity contribution is 0.0668. The van der Waals surface area contributed by atoms with Crippen LogP contribution in [0.2, 0.25) is 0 Å². The molecule has 0 spiro atoms. The van der Waals surface area contributed by atoms with Gasteiger partial charge in [0, 0.05) is 49.6 Å². The van der Waals surface area contributed by atoms with E-state index < -0.39 is 0 Å². The fourth-order valence-electron chi connectivity index (χ4n) is 4.64. The zero-order valence-electron chi connectivity index (χ0n) is 16.5. The summed E-state index contributed by atoms with van der Waals surface area (Å²) in [6, 6.07) is 10.4. The van der Waals surface area contributed by atoms with Gasteiger partial charge in [0.05, 0.1) is 0 Å². The van der Waals surface area contributed by atoms with Gasteiger partial charge in [0.2, 0.25) is 0 Å². The maximum absolute atomic E-state index is 12.8. The lowest BCUT2D eigenvalue weighted by atomic mass is 9.79. The van der Waals surface area contributed by atoms with Crippen LogP contribution in [-0.4, -0.2) is 41.5 Å². The van der Waals surface area contributed by atoms with Crippen LogP contribution >= 0.6 is 0 Å². The smallest absolute Gasteiger partial charge is 0.259 e. The fraction of sp³-hybridized carbons (Fsp3) is 0.455. The van der Waals surface area contributed by atoms with E-state index in [9.17, 15) is 9.59 Å². The standard InChI is InChI=1S/C22H28N4O2/c1-14-5-3-4-6-17(14)18-13-24-25-21(18)16-7-9-26(10-8-16)22(28)19-12-23-15(2)11-20(19)27/h3-6,11-12,16,18,21,24-25H,7-10,13H2,1-2H3,(H,23,27). The van der Waals surface area contributed by atoms with Crippen LogP contribution < -0.4 is 16.3 Å². The molecule has 0 aliphatic carbocycles. The van der Waals surface area contributed by atoms with Gasteiger partial charge in [-0.15, -0.1) is 0 Å². The van der Waals surface area contributed by atoms with Crippen molar-refractivity contribution >= 4 is 5.91 Å². The number of hydrogen-bond donors (Lipinski definition) is 3. The number of aryl methyl sites for hydroxylation is 2. The summed E-state index contributed by atoms with van der Waals surface area (Å²) in [7, 11) is 0. The molecule has 6 nitrogen and oxygen atoms in total. The number of hydrogen-bond acceptors (Lipinski definition) is 4. The number of rotatable bonds is 3. The normalized spacial score (nSPS) is 23.1. The molecule has 2 atom stereocenters. The van der Waals surface area contributed by atoms with Gasteiger partial charge in [-0.3, -0.25) is 20.4 Å². The summed E-state index contributed by atoms with van der Waals surface area (Å²) < 4.78 is 0. The fourth-order valence-corrected chi connectivity index (χ4v) is 4.64. The predicted octanol–water partition coefficient (Wildman–Crippen LogP) is 2.10. The van der Waals surface area contributed by atoms with Crippen molar-refractivity contribution in [3.05, 3.63) is 69.1 Å². The van der Waals surface area contributed by atoms with E-state index in [4.69, 9.17) is 0 Å². The van der Waals surface area contributed by atoms with Crippen LogP contribution in [0.15, 0.2) is 41.3 Å². The Labute approximate surface area is 165 Å². The first kappa shape index (κ1) is 18.9. The molecule has 3 heterocycles. The van der Waals surface area contributed by atoms with Gasteiger partial charge in [0.15, 0.2) is 5.43 Å². The number of H-pyrrole nitrogens is 1. The molecule has 0 saturated carbocycles. The molecule has 28 heavy (non-hydrogen) atoms. The van der Waals surface area contributed by atoms with Gasteiger partial charge < -0.3 is 9.88 Å². The summed E-state index contributed by atoms with van der Waals surface area (Å²) in [6.45, 7) is 6.29. The third-order valence-corrected chi connectivity index (χ3v) is 6.23. The van der Waals surface area contributed by atoms with E-state index in [2.05, 4.69) is 47.0 Å². The molecule has 0 bridgehead atoms. The Kier molecular flexibility index (Phi) is 5.33. The number of hydrazine groups is 1. The van der Waals surface area contributed by atoms with Gasteiger partial charge in [0.25, 0.3) is 5.91 Å². The van der Waals surface area contributed by atoms with Gasteiger partial charge in [-0.05, 0) is 43.7 Å². The molecular weight excluding hydrogens is 352 g/mol. The molecule has 1 aromatic carbocycles. The molecule has 2 fully saturated rings. The molecule has 0 radical (unpaired) electrons. The number of carbonyl (C=O) groups is 1. The number of benzene rings is 1.